The van der Waals surface area contributed by atoms with Gasteiger partial charge < -0.3 is 5.11 Å². The first-order valence-corrected chi connectivity index (χ1v) is 8.17. The topological polar surface area (TPSA) is 69.0 Å². The molecule has 0 aromatic carbocycles. The summed E-state index contributed by atoms with van der Waals surface area (Å²) in [6, 6.07) is 0. The lowest BCUT2D eigenvalue weighted by molar-refractivity contribution is 0.220. The van der Waals surface area contributed by atoms with Crippen LogP contribution in [0.2, 0.25) is 19.6 Å². The molecule has 0 aromatic rings. The van der Waals surface area contributed by atoms with Crippen LogP contribution in [0, 0.1) is 11.5 Å². The van der Waals surface area contributed by atoms with Crippen molar-refractivity contribution in [2.75, 3.05) is 6.54 Å². The van der Waals surface area contributed by atoms with E-state index in [2.05, 4.69) is 41.1 Å². The van der Waals surface area contributed by atoms with Crippen molar-refractivity contribution >= 4 is 8.07 Å². The third-order valence-electron chi connectivity index (χ3n) is 1.41. The van der Waals surface area contributed by atoms with Crippen LogP contribution >= 0.6 is 0 Å². The second-order valence-corrected chi connectivity index (χ2v) is 8.88. The van der Waals surface area contributed by atoms with Gasteiger partial charge in [-0.1, -0.05) is 30.7 Å². The quantitative estimate of drug-likeness (QED) is 0.190. The van der Waals surface area contributed by atoms with Gasteiger partial charge in [0, 0.05) is 11.5 Å². The molecular formula is C9H17N3OSi. The normalized spacial score (nSPS) is 12.3. The maximum atomic E-state index is 9.43. The van der Waals surface area contributed by atoms with Crippen LogP contribution in [0.25, 0.3) is 10.4 Å². The van der Waals surface area contributed by atoms with E-state index in [1.165, 1.54) is 0 Å². The molecule has 0 bridgehead atoms. The van der Waals surface area contributed by atoms with E-state index in [0.717, 1.165) is 0 Å². The largest absolute Gasteiger partial charge is 0.380 e. The molecular weight excluding hydrogens is 194 g/mol. The fourth-order valence-corrected chi connectivity index (χ4v) is 1.37. The summed E-state index contributed by atoms with van der Waals surface area (Å²) in [4.78, 5) is 2.63. The van der Waals surface area contributed by atoms with E-state index in [1.807, 2.05) is 0 Å². The van der Waals surface area contributed by atoms with Gasteiger partial charge in [-0.15, -0.1) is 5.54 Å². The Kier molecular flexibility index (Phi) is 6.05. The van der Waals surface area contributed by atoms with E-state index in [4.69, 9.17) is 5.53 Å². The van der Waals surface area contributed by atoms with E-state index in [0.29, 0.717) is 19.4 Å². The zero-order valence-electron chi connectivity index (χ0n) is 8.99. The van der Waals surface area contributed by atoms with Crippen molar-refractivity contribution in [1.82, 2.24) is 0 Å². The van der Waals surface area contributed by atoms with E-state index in [9.17, 15) is 5.11 Å². The Balaban J connectivity index is 3.79. The van der Waals surface area contributed by atoms with E-state index >= 15 is 0 Å². The zero-order chi connectivity index (χ0) is 11.0. The predicted octanol–water partition coefficient (Wildman–Crippen LogP) is 2.32. The molecule has 0 heterocycles. The molecule has 4 nitrogen and oxygen atoms in total. The standard InChI is InChI=1S/C9H17N3OSi/c1-14(2,3)8-6-9(13)5-4-7-11-12-10/h9,13H,4-5,7H2,1-3H3/t9-/m0/s1. The summed E-state index contributed by atoms with van der Waals surface area (Å²) in [6.45, 7) is 6.83. The molecule has 0 aliphatic heterocycles. The lowest BCUT2D eigenvalue weighted by Gasteiger charge is -2.05. The van der Waals surface area contributed by atoms with Gasteiger partial charge in [-0.25, -0.2) is 0 Å². The summed E-state index contributed by atoms with van der Waals surface area (Å²) in [7, 11) is -1.38. The molecule has 5 heteroatoms. The molecule has 0 aliphatic carbocycles. The van der Waals surface area contributed by atoms with Gasteiger partial charge >= 0.3 is 0 Å². The van der Waals surface area contributed by atoms with Crippen LogP contribution in [0.1, 0.15) is 12.8 Å². The monoisotopic (exact) mass is 211 g/mol. The van der Waals surface area contributed by atoms with Crippen molar-refractivity contribution in [2.45, 2.75) is 38.6 Å². The van der Waals surface area contributed by atoms with E-state index < -0.39 is 14.2 Å². The molecule has 0 amide bonds. The van der Waals surface area contributed by atoms with Gasteiger partial charge in [-0.05, 0) is 18.4 Å². The average Bonchev–Trinajstić information content (AvgIpc) is 2.08. The number of rotatable bonds is 4. The molecule has 1 atom stereocenters. The molecule has 0 aromatic heterocycles. The van der Waals surface area contributed by atoms with Gasteiger partial charge in [0.15, 0.2) is 0 Å². The van der Waals surface area contributed by atoms with Gasteiger partial charge in [-0.2, -0.15) is 0 Å². The van der Waals surface area contributed by atoms with Gasteiger partial charge in [0.2, 0.25) is 0 Å². The van der Waals surface area contributed by atoms with E-state index in [-0.39, 0.29) is 0 Å². The molecule has 0 aliphatic rings. The maximum absolute atomic E-state index is 9.43. The second kappa shape index (κ2) is 6.49. The van der Waals surface area contributed by atoms with Crippen LogP contribution in [0.5, 0.6) is 0 Å². The molecule has 0 radical (unpaired) electrons. The minimum Gasteiger partial charge on any atom is -0.380 e. The smallest absolute Gasteiger partial charge is 0.129 e. The molecule has 14 heavy (non-hydrogen) atoms. The molecule has 0 saturated carbocycles. The molecule has 0 saturated heterocycles. The van der Waals surface area contributed by atoms with Crippen LogP contribution in [0.3, 0.4) is 0 Å². The first kappa shape index (κ1) is 13.0. The number of nitrogens with zero attached hydrogens (tertiary/aromatic N) is 3. The van der Waals surface area contributed by atoms with Crippen molar-refractivity contribution in [3.05, 3.63) is 10.4 Å². The molecule has 0 fully saturated rings. The van der Waals surface area contributed by atoms with Crippen molar-refractivity contribution in [2.24, 2.45) is 5.11 Å². The highest BCUT2D eigenvalue weighted by Crippen LogP contribution is 2.00. The Morgan fingerprint density at radius 2 is 2.14 bits per heavy atom. The minimum atomic E-state index is -1.38. The Morgan fingerprint density at radius 1 is 1.50 bits per heavy atom. The number of aliphatic hydroxyl groups is 1. The van der Waals surface area contributed by atoms with Crippen molar-refractivity contribution < 1.29 is 5.11 Å². The lowest BCUT2D eigenvalue weighted by atomic mass is 10.2. The maximum Gasteiger partial charge on any atom is 0.129 e. The first-order chi connectivity index (χ1) is 6.45. The van der Waals surface area contributed by atoms with Crippen LogP contribution in [0.4, 0.5) is 0 Å². The molecule has 1 N–H and O–H groups in total. The third kappa shape index (κ3) is 9.14. The second-order valence-electron chi connectivity index (χ2n) is 4.13. The first-order valence-electron chi connectivity index (χ1n) is 4.67. The van der Waals surface area contributed by atoms with Crippen LogP contribution in [-0.4, -0.2) is 25.8 Å². The van der Waals surface area contributed by atoms with Crippen molar-refractivity contribution in [3.8, 4) is 11.5 Å². The summed E-state index contributed by atoms with van der Waals surface area (Å²) in [5.41, 5.74) is 11.1. The molecule has 0 spiro atoms. The van der Waals surface area contributed by atoms with Gasteiger partial charge in [0.1, 0.15) is 14.2 Å². The van der Waals surface area contributed by atoms with E-state index in [1.54, 1.807) is 0 Å². The van der Waals surface area contributed by atoms with Gasteiger partial charge in [0.05, 0.1) is 0 Å². The number of aliphatic hydroxyl groups excluding tert-OH is 1. The molecule has 78 valence electrons. The number of hydrogen-bond donors (Lipinski definition) is 1. The highest BCUT2D eigenvalue weighted by molar-refractivity contribution is 6.83. The summed E-state index contributed by atoms with van der Waals surface area (Å²) in [6.07, 6.45) is 0.692. The summed E-state index contributed by atoms with van der Waals surface area (Å²) in [5.74, 6) is 2.83. The third-order valence-corrected chi connectivity index (χ3v) is 2.31. The molecule has 0 unspecified atom stereocenters. The van der Waals surface area contributed by atoms with Gasteiger partial charge in [0.25, 0.3) is 0 Å². The number of hydrogen-bond acceptors (Lipinski definition) is 2. The summed E-state index contributed by atoms with van der Waals surface area (Å²) in [5, 5.41) is 12.8. The Bertz CT molecular complexity index is 268. The predicted molar refractivity (Wildman–Crippen MR) is 60.4 cm³/mol. The van der Waals surface area contributed by atoms with Crippen molar-refractivity contribution in [3.63, 3.8) is 0 Å². The lowest BCUT2D eigenvalue weighted by Crippen LogP contribution is -2.18. The highest BCUT2D eigenvalue weighted by atomic mass is 28.3. The average molecular weight is 211 g/mol. The highest BCUT2D eigenvalue weighted by Gasteiger charge is 2.08. The Labute approximate surface area is 86.0 Å². The summed E-state index contributed by atoms with van der Waals surface area (Å²) >= 11 is 0. The SMILES string of the molecule is C[Si](C)(C)C#C[C@@H](O)CCCN=[N+]=[N-]. The van der Waals surface area contributed by atoms with Crippen LogP contribution in [-0.2, 0) is 0 Å². The Hall–Kier alpha value is -0.953. The zero-order valence-corrected chi connectivity index (χ0v) is 9.99. The van der Waals surface area contributed by atoms with Crippen LogP contribution < -0.4 is 0 Å². The van der Waals surface area contributed by atoms with Crippen LogP contribution in [0.15, 0.2) is 5.11 Å². The molecule has 0 rings (SSSR count). The van der Waals surface area contributed by atoms with Gasteiger partial charge in [-0.3, -0.25) is 0 Å². The number of azide groups is 1. The fourth-order valence-electron chi connectivity index (χ4n) is 0.772. The minimum absolute atomic E-state index is 0.433. The Morgan fingerprint density at radius 3 is 2.64 bits per heavy atom. The summed E-state index contributed by atoms with van der Waals surface area (Å²) < 4.78 is 0. The fraction of sp³-hybridized carbons (Fsp3) is 0.778. The van der Waals surface area contributed by atoms with Crippen molar-refractivity contribution in [1.29, 1.82) is 0 Å².